The summed E-state index contributed by atoms with van der Waals surface area (Å²) in [5, 5.41) is 0. The second-order valence-electron chi connectivity index (χ2n) is 7.15. The lowest BCUT2D eigenvalue weighted by Crippen LogP contribution is -2.43. The molecule has 21 heavy (non-hydrogen) atoms. The molecule has 3 saturated carbocycles. The van der Waals surface area contributed by atoms with E-state index in [2.05, 4.69) is 13.5 Å². The van der Waals surface area contributed by atoms with Crippen LogP contribution in [-0.2, 0) is 19.1 Å². The Morgan fingerprint density at radius 2 is 2.00 bits per heavy atom. The fourth-order valence-corrected chi connectivity index (χ4v) is 5.04. The Labute approximate surface area is 125 Å². The van der Waals surface area contributed by atoms with Gasteiger partial charge in [-0.3, -0.25) is 4.79 Å². The van der Waals surface area contributed by atoms with Crippen molar-refractivity contribution in [1.82, 2.24) is 0 Å². The van der Waals surface area contributed by atoms with E-state index in [1.54, 1.807) is 0 Å². The van der Waals surface area contributed by atoms with Crippen LogP contribution >= 0.6 is 0 Å². The average molecular weight is 292 g/mol. The first-order valence-electron chi connectivity index (χ1n) is 7.95. The SMILES string of the molecule is C=C(COC(C)=O)C(=O)OC1(C)CC2CC1C1CCCC21. The van der Waals surface area contributed by atoms with Crippen molar-refractivity contribution < 1.29 is 19.1 Å². The van der Waals surface area contributed by atoms with Gasteiger partial charge in [0.1, 0.15) is 12.2 Å². The van der Waals surface area contributed by atoms with Gasteiger partial charge in [0.05, 0.1) is 5.57 Å². The van der Waals surface area contributed by atoms with Gasteiger partial charge in [0.2, 0.25) is 0 Å². The molecule has 0 aromatic heterocycles. The Hall–Kier alpha value is -1.32. The molecule has 0 amide bonds. The summed E-state index contributed by atoms with van der Waals surface area (Å²) < 4.78 is 10.6. The molecule has 116 valence electrons. The van der Waals surface area contributed by atoms with E-state index in [0.717, 1.165) is 24.2 Å². The number of rotatable bonds is 4. The molecule has 3 fully saturated rings. The van der Waals surface area contributed by atoms with Crippen LogP contribution in [0.4, 0.5) is 0 Å². The molecule has 0 heterocycles. The fourth-order valence-electron chi connectivity index (χ4n) is 5.04. The zero-order chi connectivity index (χ0) is 15.2. The van der Waals surface area contributed by atoms with Crippen LogP contribution in [0.5, 0.6) is 0 Å². The predicted octanol–water partition coefficient (Wildman–Crippen LogP) is 2.86. The molecule has 5 atom stereocenters. The summed E-state index contributed by atoms with van der Waals surface area (Å²) in [4.78, 5) is 23.0. The summed E-state index contributed by atoms with van der Waals surface area (Å²) in [6, 6.07) is 0. The highest BCUT2D eigenvalue weighted by molar-refractivity contribution is 5.88. The molecule has 4 heteroatoms. The highest BCUT2D eigenvalue weighted by atomic mass is 16.6. The summed E-state index contributed by atoms with van der Waals surface area (Å²) >= 11 is 0. The van der Waals surface area contributed by atoms with Crippen LogP contribution in [0.25, 0.3) is 0 Å². The lowest BCUT2D eigenvalue weighted by atomic mass is 9.73. The topological polar surface area (TPSA) is 52.6 Å². The molecule has 3 aliphatic carbocycles. The van der Waals surface area contributed by atoms with E-state index < -0.39 is 11.9 Å². The predicted molar refractivity (Wildman–Crippen MR) is 77.3 cm³/mol. The maximum Gasteiger partial charge on any atom is 0.337 e. The minimum atomic E-state index is -0.416. The monoisotopic (exact) mass is 292 g/mol. The number of hydrogen-bond acceptors (Lipinski definition) is 4. The lowest BCUT2D eigenvalue weighted by molar-refractivity contribution is -0.162. The summed E-state index contributed by atoms with van der Waals surface area (Å²) in [6.45, 7) is 6.99. The number of hydrogen-bond donors (Lipinski definition) is 0. The molecule has 0 aliphatic heterocycles. The Bertz CT molecular complexity index is 483. The maximum absolute atomic E-state index is 12.2. The van der Waals surface area contributed by atoms with Gasteiger partial charge in [0.25, 0.3) is 0 Å². The van der Waals surface area contributed by atoms with Gasteiger partial charge >= 0.3 is 11.9 Å². The Kier molecular flexibility index (Phi) is 3.58. The van der Waals surface area contributed by atoms with E-state index in [-0.39, 0.29) is 17.8 Å². The first-order chi connectivity index (χ1) is 9.90. The Balaban J connectivity index is 1.61. The maximum atomic E-state index is 12.2. The third kappa shape index (κ3) is 2.49. The van der Waals surface area contributed by atoms with Crippen molar-refractivity contribution in [1.29, 1.82) is 0 Å². The third-order valence-electron chi connectivity index (χ3n) is 5.82. The number of carbonyl (C=O) groups excluding carboxylic acids is 2. The van der Waals surface area contributed by atoms with Crippen LogP contribution in [0.2, 0.25) is 0 Å². The molecule has 0 radical (unpaired) electrons. The number of ether oxygens (including phenoxy) is 2. The molecule has 3 rings (SSSR count). The molecular weight excluding hydrogens is 268 g/mol. The number of fused-ring (bicyclic) bond motifs is 5. The molecule has 3 aliphatic rings. The molecule has 2 bridgehead atoms. The number of esters is 2. The van der Waals surface area contributed by atoms with E-state index in [4.69, 9.17) is 9.47 Å². The normalized spacial score (nSPS) is 39.9. The lowest BCUT2D eigenvalue weighted by Gasteiger charge is -2.39. The van der Waals surface area contributed by atoms with Crippen molar-refractivity contribution in [3.8, 4) is 0 Å². The molecule has 0 N–H and O–H groups in total. The first-order valence-corrected chi connectivity index (χ1v) is 7.95. The number of carbonyl (C=O) groups is 2. The highest BCUT2D eigenvalue weighted by Crippen LogP contribution is 2.63. The molecule has 5 unspecified atom stereocenters. The van der Waals surface area contributed by atoms with Crippen LogP contribution in [0, 0.1) is 23.7 Å². The molecule has 4 nitrogen and oxygen atoms in total. The minimum Gasteiger partial charge on any atom is -0.461 e. The van der Waals surface area contributed by atoms with Crippen molar-refractivity contribution in [2.24, 2.45) is 23.7 Å². The molecular formula is C17H24O4. The van der Waals surface area contributed by atoms with Gasteiger partial charge in [-0.15, -0.1) is 0 Å². The van der Waals surface area contributed by atoms with Gasteiger partial charge in [-0.25, -0.2) is 4.79 Å². The quantitative estimate of drug-likeness (QED) is 0.590. The van der Waals surface area contributed by atoms with Crippen LogP contribution in [-0.4, -0.2) is 24.1 Å². The smallest absolute Gasteiger partial charge is 0.337 e. The summed E-state index contributed by atoms with van der Waals surface area (Å²) in [5.41, 5.74) is -0.135. The van der Waals surface area contributed by atoms with Gasteiger partial charge in [-0.1, -0.05) is 13.0 Å². The van der Waals surface area contributed by atoms with Crippen molar-refractivity contribution in [2.75, 3.05) is 6.61 Å². The van der Waals surface area contributed by atoms with Gasteiger partial charge < -0.3 is 9.47 Å². The molecule has 0 saturated heterocycles. The largest absolute Gasteiger partial charge is 0.461 e. The van der Waals surface area contributed by atoms with Crippen molar-refractivity contribution in [3.63, 3.8) is 0 Å². The van der Waals surface area contributed by atoms with E-state index in [1.165, 1.54) is 32.6 Å². The summed E-state index contributed by atoms with van der Waals surface area (Å²) in [6.07, 6.45) is 6.15. The molecule has 0 aromatic rings. The zero-order valence-corrected chi connectivity index (χ0v) is 12.9. The molecule has 0 aromatic carbocycles. The molecule has 0 spiro atoms. The van der Waals surface area contributed by atoms with Crippen LogP contribution in [0.1, 0.15) is 46.0 Å². The minimum absolute atomic E-state index is 0.0790. The van der Waals surface area contributed by atoms with E-state index in [1.807, 2.05) is 0 Å². The van der Waals surface area contributed by atoms with Crippen LogP contribution in [0.3, 0.4) is 0 Å². The summed E-state index contributed by atoms with van der Waals surface area (Å²) in [7, 11) is 0. The average Bonchev–Trinajstić information content (AvgIpc) is 3.06. The van der Waals surface area contributed by atoms with Crippen LogP contribution in [0.15, 0.2) is 12.2 Å². The second-order valence-corrected chi connectivity index (χ2v) is 7.15. The zero-order valence-electron chi connectivity index (χ0n) is 12.9. The highest BCUT2D eigenvalue weighted by Gasteiger charge is 2.60. The van der Waals surface area contributed by atoms with E-state index in [0.29, 0.717) is 5.92 Å². The van der Waals surface area contributed by atoms with Crippen LogP contribution < -0.4 is 0 Å². The van der Waals surface area contributed by atoms with Crippen molar-refractivity contribution in [3.05, 3.63) is 12.2 Å². The van der Waals surface area contributed by atoms with E-state index in [9.17, 15) is 9.59 Å². The summed E-state index contributed by atoms with van der Waals surface area (Å²) in [5.74, 6) is 2.00. The Morgan fingerprint density at radius 3 is 2.71 bits per heavy atom. The first kappa shape index (κ1) is 14.6. The second kappa shape index (κ2) is 5.15. The fraction of sp³-hybridized carbons (Fsp3) is 0.765. The van der Waals surface area contributed by atoms with Gasteiger partial charge in [0, 0.05) is 12.8 Å². The van der Waals surface area contributed by atoms with Crippen molar-refractivity contribution >= 4 is 11.9 Å². The van der Waals surface area contributed by atoms with Gasteiger partial charge in [-0.2, -0.15) is 0 Å². The van der Waals surface area contributed by atoms with Gasteiger partial charge in [0.15, 0.2) is 0 Å². The third-order valence-corrected chi connectivity index (χ3v) is 5.82. The van der Waals surface area contributed by atoms with E-state index >= 15 is 0 Å². The Morgan fingerprint density at radius 1 is 1.29 bits per heavy atom. The standard InChI is InChI=1S/C17H24O4/c1-10(9-20-11(2)18)16(19)21-17(3)8-12-7-15(17)14-6-4-5-13(12)14/h12-15H,1,4-9H2,2-3H3. The van der Waals surface area contributed by atoms with Crippen molar-refractivity contribution in [2.45, 2.75) is 51.6 Å². The van der Waals surface area contributed by atoms with Gasteiger partial charge in [-0.05, 0) is 50.4 Å².